The normalized spacial score (nSPS) is 36.4. The fourth-order valence-corrected chi connectivity index (χ4v) is 1.94. The number of carbonyl (C=O) groups is 1. The molecule has 1 fully saturated rings. The minimum absolute atomic E-state index is 0.642. The zero-order valence-corrected chi connectivity index (χ0v) is 10.8. The molecule has 1 aliphatic heterocycles. The molecule has 0 radical (unpaired) electrons. The lowest BCUT2D eigenvalue weighted by molar-refractivity contribution is -0.157. The van der Waals surface area contributed by atoms with Gasteiger partial charge in [-0.05, 0) is 6.92 Å². The summed E-state index contributed by atoms with van der Waals surface area (Å²) in [5, 5.41) is 65.5. The van der Waals surface area contributed by atoms with E-state index in [1.54, 1.807) is 0 Å². The van der Waals surface area contributed by atoms with Gasteiger partial charge in [-0.3, -0.25) is 4.79 Å². The molecule has 1 unspecified atom stereocenters. The predicted molar refractivity (Wildman–Crippen MR) is 62.5 cm³/mol. The van der Waals surface area contributed by atoms with Crippen molar-refractivity contribution in [2.24, 2.45) is 0 Å². The molecule has 7 N–H and O–H groups in total. The Kier molecular flexibility index (Phi) is 5.98. The molecule has 118 valence electrons. The van der Waals surface area contributed by atoms with Crippen LogP contribution >= 0.6 is 0 Å². The van der Waals surface area contributed by atoms with Gasteiger partial charge in [-0.25, -0.2) is 0 Å². The molecular weight excluding hydrogens is 276 g/mol. The lowest BCUT2D eigenvalue weighted by Crippen LogP contribution is -2.51. The van der Waals surface area contributed by atoms with E-state index in [1.165, 1.54) is 0 Å². The van der Waals surface area contributed by atoms with E-state index in [-0.39, 0.29) is 0 Å². The van der Waals surface area contributed by atoms with E-state index in [0.29, 0.717) is 0 Å². The lowest BCUT2D eigenvalue weighted by Gasteiger charge is -2.26. The number of rotatable bonds is 6. The minimum atomic E-state index is -2.12. The number of carbonyl (C=O) groups excluding carboxylic acids is 1. The van der Waals surface area contributed by atoms with E-state index < -0.39 is 61.2 Å². The molecule has 1 saturated heterocycles. The summed E-state index contributed by atoms with van der Waals surface area (Å²) in [6, 6.07) is 0. The van der Waals surface area contributed by atoms with Gasteiger partial charge in [0.25, 0.3) is 0 Å². The van der Waals surface area contributed by atoms with Gasteiger partial charge in [0.1, 0.15) is 42.7 Å². The average molecular weight is 296 g/mol. The predicted octanol–water partition coefficient (Wildman–Crippen LogP) is -4.50. The molecule has 0 bridgehead atoms. The van der Waals surface area contributed by atoms with Crippen LogP contribution in [0.2, 0.25) is 0 Å². The molecule has 1 rings (SSSR count). The summed E-state index contributed by atoms with van der Waals surface area (Å²) in [4.78, 5) is 11.9. The standard InChI is InChI=1S/C11H20O9/c1-3(13)5(14)7(16)8(17)10(19)11-9(18)6(15)4(2-12)20-11/h3-9,11-18H,2H2,1H3/t3-,4+,5+,6+,7+,8-,9-,11?/m0/s1. The second-order valence-corrected chi connectivity index (χ2v) is 4.83. The summed E-state index contributed by atoms with van der Waals surface area (Å²) in [6.07, 6.45) is -13.3. The highest BCUT2D eigenvalue weighted by Crippen LogP contribution is 2.23. The Morgan fingerprint density at radius 3 is 2.05 bits per heavy atom. The highest BCUT2D eigenvalue weighted by Gasteiger charge is 2.49. The second-order valence-electron chi connectivity index (χ2n) is 4.83. The summed E-state index contributed by atoms with van der Waals surface area (Å²) in [6.45, 7) is 0.508. The van der Waals surface area contributed by atoms with Crippen LogP contribution in [0.25, 0.3) is 0 Å². The number of ketones is 1. The molecule has 20 heavy (non-hydrogen) atoms. The van der Waals surface area contributed by atoms with Crippen LogP contribution in [-0.4, -0.2) is 97.0 Å². The van der Waals surface area contributed by atoms with Gasteiger partial charge in [-0.2, -0.15) is 0 Å². The Morgan fingerprint density at radius 1 is 1.10 bits per heavy atom. The van der Waals surface area contributed by atoms with Crippen molar-refractivity contribution in [2.45, 2.75) is 55.8 Å². The number of hydrogen-bond acceptors (Lipinski definition) is 9. The molecule has 0 aliphatic carbocycles. The van der Waals surface area contributed by atoms with Gasteiger partial charge in [0.15, 0.2) is 5.78 Å². The minimum Gasteiger partial charge on any atom is -0.394 e. The van der Waals surface area contributed by atoms with Crippen LogP contribution in [0.1, 0.15) is 6.92 Å². The second kappa shape index (κ2) is 6.87. The monoisotopic (exact) mass is 296 g/mol. The van der Waals surface area contributed by atoms with Gasteiger partial charge >= 0.3 is 0 Å². The molecule has 1 heterocycles. The number of ether oxygens (including phenoxy) is 1. The molecular formula is C11H20O9. The summed E-state index contributed by atoms with van der Waals surface area (Å²) < 4.78 is 4.89. The van der Waals surface area contributed by atoms with Crippen LogP contribution in [-0.2, 0) is 9.53 Å². The quantitative estimate of drug-likeness (QED) is 0.255. The van der Waals surface area contributed by atoms with Crippen molar-refractivity contribution in [2.75, 3.05) is 6.61 Å². The van der Waals surface area contributed by atoms with Crippen LogP contribution in [0.4, 0.5) is 0 Å². The van der Waals surface area contributed by atoms with Crippen LogP contribution in [0, 0.1) is 0 Å². The summed E-state index contributed by atoms with van der Waals surface area (Å²) in [5.41, 5.74) is 0. The van der Waals surface area contributed by atoms with Crippen LogP contribution < -0.4 is 0 Å². The molecule has 0 aromatic rings. The molecule has 1 aliphatic rings. The molecule has 0 spiro atoms. The SMILES string of the molecule is C[C@H](O)[C@@H](O)[C@@H](O)[C@H](O)C(=O)C1O[C@H](CO)[C@@H](O)[C@@H]1O. The molecule has 9 nitrogen and oxygen atoms in total. The lowest BCUT2D eigenvalue weighted by atomic mass is 9.95. The highest BCUT2D eigenvalue weighted by atomic mass is 16.6. The zero-order valence-electron chi connectivity index (χ0n) is 10.8. The van der Waals surface area contributed by atoms with E-state index in [9.17, 15) is 30.3 Å². The third-order valence-corrected chi connectivity index (χ3v) is 3.28. The van der Waals surface area contributed by atoms with Gasteiger partial charge in [-0.15, -0.1) is 0 Å². The molecule has 0 aromatic heterocycles. The third-order valence-electron chi connectivity index (χ3n) is 3.28. The first-order chi connectivity index (χ1) is 9.22. The largest absolute Gasteiger partial charge is 0.394 e. The maximum Gasteiger partial charge on any atom is 0.195 e. The van der Waals surface area contributed by atoms with Crippen molar-refractivity contribution in [3.05, 3.63) is 0 Å². The Hall–Kier alpha value is -0.650. The fourth-order valence-electron chi connectivity index (χ4n) is 1.94. The van der Waals surface area contributed by atoms with Crippen molar-refractivity contribution in [3.8, 4) is 0 Å². The molecule has 0 saturated carbocycles. The summed E-state index contributed by atoms with van der Waals surface area (Å²) >= 11 is 0. The number of aliphatic hydroxyl groups is 7. The Balaban J connectivity index is 2.75. The van der Waals surface area contributed by atoms with Crippen molar-refractivity contribution in [1.29, 1.82) is 0 Å². The van der Waals surface area contributed by atoms with Crippen LogP contribution in [0.3, 0.4) is 0 Å². The maximum atomic E-state index is 11.9. The smallest absolute Gasteiger partial charge is 0.195 e. The number of aliphatic hydroxyl groups excluding tert-OH is 7. The Bertz CT molecular complexity index is 334. The van der Waals surface area contributed by atoms with Crippen molar-refractivity contribution >= 4 is 5.78 Å². The first-order valence-corrected chi connectivity index (χ1v) is 6.10. The van der Waals surface area contributed by atoms with E-state index >= 15 is 0 Å². The van der Waals surface area contributed by atoms with Crippen LogP contribution in [0.15, 0.2) is 0 Å². The topological polar surface area (TPSA) is 168 Å². The van der Waals surface area contributed by atoms with Crippen molar-refractivity contribution in [3.63, 3.8) is 0 Å². The summed E-state index contributed by atoms with van der Waals surface area (Å²) in [7, 11) is 0. The maximum absolute atomic E-state index is 11.9. The first kappa shape index (κ1) is 17.4. The van der Waals surface area contributed by atoms with Gasteiger partial charge in [0.2, 0.25) is 0 Å². The van der Waals surface area contributed by atoms with Crippen LogP contribution in [0.5, 0.6) is 0 Å². The number of Topliss-reactive ketones (excluding diaryl/α,β-unsaturated/α-hetero) is 1. The van der Waals surface area contributed by atoms with Crippen molar-refractivity contribution in [1.82, 2.24) is 0 Å². The van der Waals surface area contributed by atoms with Gasteiger partial charge < -0.3 is 40.5 Å². The van der Waals surface area contributed by atoms with E-state index in [1.807, 2.05) is 0 Å². The molecule has 0 aromatic carbocycles. The Labute approximate surface area is 114 Å². The highest BCUT2D eigenvalue weighted by molar-refractivity contribution is 5.88. The third kappa shape index (κ3) is 3.32. The fraction of sp³-hybridized carbons (Fsp3) is 0.909. The number of hydrogen-bond donors (Lipinski definition) is 7. The van der Waals surface area contributed by atoms with Crippen molar-refractivity contribution < 1.29 is 45.3 Å². The Morgan fingerprint density at radius 2 is 1.65 bits per heavy atom. The summed E-state index contributed by atoms with van der Waals surface area (Å²) in [5.74, 6) is -1.17. The molecule has 0 amide bonds. The van der Waals surface area contributed by atoms with Gasteiger partial charge in [-0.1, -0.05) is 0 Å². The van der Waals surface area contributed by atoms with Gasteiger partial charge in [0.05, 0.1) is 12.7 Å². The van der Waals surface area contributed by atoms with E-state index in [0.717, 1.165) is 6.92 Å². The van der Waals surface area contributed by atoms with Gasteiger partial charge in [0, 0.05) is 0 Å². The van der Waals surface area contributed by atoms with E-state index in [2.05, 4.69) is 0 Å². The molecule has 8 atom stereocenters. The molecule has 9 heteroatoms. The zero-order chi connectivity index (χ0) is 15.6. The van der Waals surface area contributed by atoms with E-state index in [4.69, 9.17) is 14.9 Å². The first-order valence-electron chi connectivity index (χ1n) is 6.10. The average Bonchev–Trinajstić information content (AvgIpc) is 2.71.